The molecule has 1 aliphatic rings. The van der Waals surface area contributed by atoms with E-state index in [-0.39, 0.29) is 29.4 Å². The van der Waals surface area contributed by atoms with E-state index in [9.17, 15) is 24.5 Å². The molecule has 24 heavy (non-hydrogen) atoms. The van der Waals surface area contributed by atoms with Crippen LogP contribution in [0.1, 0.15) is 40.5 Å². The topological polar surface area (TPSA) is 122 Å². The fourth-order valence-electron chi connectivity index (χ4n) is 2.34. The van der Waals surface area contributed by atoms with Crippen LogP contribution in [0.5, 0.6) is 0 Å². The molecule has 1 aromatic rings. The van der Waals surface area contributed by atoms with Gasteiger partial charge in [0, 0.05) is 31.8 Å². The number of nitro benzene ring substituents is 1. The smallest absolute Gasteiger partial charge is 0.314 e. The first-order valence-electron chi connectivity index (χ1n) is 7.62. The summed E-state index contributed by atoms with van der Waals surface area (Å²) in [5, 5.41) is 16.0. The monoisotopic (exact) mass is 334 g/mol. The molecule has 2 N–H and O–H groups in total. The Labute approximate surface area is 138 Å². The Kier molecular flexibility index (Phi) is 5.46. The van der Waals surface area contributed by atoms with Gasteiger partial charge in [0.25, 0.3) is 17.5 Å². The molecule has 1 aromatic carbocycles. The zero-order chi connectivity index (χ0) is 17.7. The van der Waals surface area contributed by atoms with E-state index in [1.165, 1.54) is 12.1 Å². The fraction of sp³-hybridized carbons (Fsp3) is 0.400. The third-order valence-corrected chi connectivity index (χ3v) is 3.54. The number of carbonyl (C=O) groups is 3. The summed E-state index contributed by atoms with van der Waals surface area (Å²) < 4.78 is 0. The molecule has 0 saturated carbocycles. The highest BCUT2D eigenvalue weighted by Crippen LogP contribution is 2.26. The average molecular weight is 334 g/mol. The van der Waals surface area contributed by atoms with Crippen molar-refractivity contribution in [1.82, 2.24) is 15.5 Å². The third kappa shape index (κ3) is 3.67. The minimum atomic E-state index is -0.612. The minimum absolute atomic E-state index is 0.0443. The van der Waals surface area contributed by atoms with Gasteiger partial charge in [-0.2, -0.15) is 0 Å². The first kappa shape index (κ1) is 17.4. The number of nitro groups is 1. The lowest BCUT2D eigenvalue weighted by Crippen LogP contribution is -2.38. The fourth-order valence-corrected chi connectivity index (χ4v) is 2.34. The molecule has 0 radical (unpaired) electrons. The van der Waals surface area contributed by atoms with Crippen LogP contribution in [-0.2, 0) is 0 Å². The quantitative estimate of drug-likeness (QED) is 0.337. The zero-order valence-electron chi connectivity index (χ0n) is 13.2. The summed E-state index contributed by atoms with van der Waals surface area (Å²) >= 11 is 0. The lowest BCUT2D eigenvalue weighted by Gasteiger charge is -2.14. The number of non-ortho nitro benzene ring substituents is 1. The molecule has 0 bridgehead atoms. The van der Waals surface area contributed by atoms with Gasteiger partial charge in [0.15, 0.2) is 0 Å². The molecule has 9 nitrogen and oxygen atoms in total. The summed E-state index contributed by atoms with van der Waals surface area (Å²) in [6, 6.07) is 3.32. The number of rotatable bonds is 7. The number of nitrogens with one attached hydrogen (secondary N) is 2. The van der Waals surface area contributed by atoms with E-state index in [1.807, 2.05) is 6.92 Å². The van der Waals surface area contributed by atoms with E-state index >= 15 is 0 Å². The van der Waals surface area contributed by atoms with Crippen LogP contribution in [0.25, 0.3) is 0 Å². The molecule has 0 unspecified atom stereocenters. The number of hydrogen-bond acceptors (Lipinski definition) is 5. The summed E-state index contributed by atoms with van der Waals surface area (Å²) in [5.41, 5.74) is -0.0203. The molecule has 4 amide bonds. The van der Waals surface area contributed by atoms with Crippen LogP contribution in [0.3, 0.4) is 0 Å². The maximum absolute atomic E-state index is 12.2. The molecule has 9 heteroatoms. The van der Waals surface area contributed by atoms with Gasteiger partial charge in [-0.05, 0) is 18.9 Å². The summed E-state index contributed by atoms with van der Waals surface area (Å²) in [6.45, 7) is 2.95. The first-order chi connectivity index (χ1) is 11.5. The molecule has 0 fully saturated rings. The van der Waals surface area contributed by atoms with Crippen molar-refractivity contribution < 1.29 is 19.3 Å². The van der Waals surface area contributed by atoms with Gasteiger partial charge >= 0.3 is 6.03 Å². The van der Waals surface area contributed by atoms with Crippen molar-refractivity contribution >= 4 is 23.5 Å². The minimum Gasteiger partial charge on any atom is -0.338 e. The number of benzene rings is 1. The van der Waals surface area contributed by atoms with Gasteiger partial charge in [-0.15, -0.1) is 0 Å². The second-order valence-electron chi connectivity index (χ2n) is 5.29. The van der Waals surface area contributed by atoms with E-state index in [2.05, 4.69) is 10.6 Å². The van der Waals surface area contributed by atoms with Gasteiger partial charge < -0.3 is 10.6 Å². The normalized spacial score (nSPS) is 13.0. The molecular formula is C15H18N4O5. The highest BCUT2D eigenvalue weighted by Gasteiger charge is 2.36. The largest absolute Gasteiger partial charge is 0.338 e. The lowest BCUT2D eigenvalue weighted by atomic mass is 10.1. The Hall–Kier alpha value is -2.97. The maximum atomic E-state index is 12.2. The molecule has 0 aromatic heterocycles. The SMILES string of the molecule is CCCNC(=O)NCCCN1C(=O)c2ccc([N+](=O)[O-])cc2C1=O. The lowest BCUT2D eigenvalue weighted by molar-refractivity contribution is -0.384. The Balaban J connectivity index is 1.91. The van der Waals surface area contributed by atoms with E-state index in [0.717, 1.165) is 17.4 Å². The molecule has 0 atom stereocenters. The zero-order valence-corrected chi connectivity index (χ0v) is 13.2. The molecule has 128 valence electrons. The number of carbonyl (C=O) groups excluding carboxylic acids is 3. The number of fused-ring (bicyclic) bond motifs is 1. The number of imide groups is 1. The standard InChI is InChI=1S/C15H18N4O5/c1-2-6-16-15(22)17-7-3-8-18-13(20)11-5-4-10(19(23)24)9-12(11)14(18)21/h4-5,9H,2-3,6-8H2,1H3,(H2,16,17,22). The second kappa shape index (κ2) is 7.53. The van der Waals surface area contributed by atoms with Crippen molar-refractivity contribution in [3.8, 4) is 0 Å². The van der Waals surface area contributed by atoms with Crippen LogP contribution >= 0.6 is 0 Å². The van der Waals surface area contributed by atoms with Gasteiger partial charge in [-0.25, -0.2) is 4.79 Å². The van der Waals surface area contributed by atoms with Crippen molar-refractivity contribution in [1.29, 1.82) is 0 Å². The first-order valence-corrected chi connectivity index (χ1v) is 7.62. The van der Waals surface area contributed by atoms with Gasteiger partial charge in [0.2, 0.25) is 0 Å². The van der Waals surface area contributed by atoms with Crippen LogP contribution in [0.15, 0.2) is 18.2 Å². The number of amides is 4. The average Bonchev–Trinajstić information content (AvgIpc) is 2.80. The molecule has 1 heterocycles. The Morgan fingerprint density at radius 3 is 2.50 bits per heavy atom. The summed E-state index contributed by atoms with van der Waals surface area (Å²) in [6.07, 6.45) is 1.22. The second-order valence-corrected chi connectivity index (χ2v) is 5.29. The van der Waals surface area contributed by atoms with E-state index in [1.54, 1.807) is 0 Å². The summed E-state index contributed by atoms with van der Waals surface area (Å²) in [5.74, 6) is -1.02. The molecule has 0 aliphatic carbocycles. The van der Waals surface area contributed by atoms with Crippen molar-refractivity contribution in [3.63, 3.8) is 0 Å². The van der Waals surface area contributed by atoms with Gasteiger partial charge in [0.05, 0.1) is 16.1 Å². The molecule has 0 spiro atoms. The third-order valence-electron chi connectivity index (χ3n) is 3.54. The Morgan fingerprint density at radius 1 is 1.17 bits per heavy atom. The van der Waals surface area contributed by atoms with Gasteiger partial charge in [0.1, 0.15) is 0 Å². The summed E-state index contributed by atoms with van der Waals surface area (Å²) in [7, 11) is 0. The summed E-state index contributed by atoms with van der Waals surface area (Å²) in [4.78, 5) is 47.0. The Bertz CT molecular complexity index is 688. The van der Waals surface area contributed by atoms with Crippen LogP contribution < -0.4 is 10.6 Å². The van der Waals surface area contributed by atoms with Crippen molar-refractivity contribution in [2.45, 2.75) is 19.8 Å². The predicted octanol–water partition coefficient (Wildman–Crippen LogP) is 1.29. The van der Waals surface area contributed by atoms with Gasteiger partial charge in [-0.3, -0.25) is 24.6 Å². The number of nitrogens with zero attached hydrogens (tertiary/aromatic N) is 2. The van der Waals surface area contributed by atoms with Crippen molar-refractivity contribution in [2.24, 2.45) is 0 Å². The van der Waals surface area contributed by atoms with Crippen LogP contribution in [0, 0.1) is 10.1 Å². The maximum Gasteiger partial charge on any atom is 0.314 e. The van der Waals surface area contributed by atoms with E-state index in [0.29, 0.717) is 19.5 Å². The molecule has 1 aliphatic heterocycles. The van der Waals surface area contributed by atoms with Crippen molar-refractivity contribution in [2.75, 3.05) is 19.6 Å². The van der Waals surface area contributed by atoms with Crippen molar-refractivity contribution in [3.05, 3.63) is 39.4 Å². The highest BCUT2D eigenvalue weighted by atomic mass is 16.6. The molecule has 0 saturated heterocycles. The number of urea groups is 1. The van der Waals surface area contributed by atoms with E-state index in [4.69, 9.17) is 0 Å². The Morgan fingerprint density at radius 2 is 1.83 bits per heavy atom. The van der Waals surface area contributed by atoms with Crippen LogP contribution in [0.4, 0.5) is 10.5 Å². The van der Waals surface area contributed by atoms with Crippen LogP contribution in [0.2, 0.25) is 0 Å². The van der Waals surface area contributed by atoms with E-state index < -0.39 is 16.7 Å². The highest BCUT2D eigenvalue weighted by molar-refractivity contribution is 6.21. The predicted molar refractivity (Wildman–Crippen MR) is 84.8 cm³/mol. The number of hydrogen-bond donors (Lipinski definition) is 2. The molecular weight excluding hydrogens is 316 g/mol. The van der Waals surface area contributed by atoms with Gasteiger partial charge in [-0.1, -0.05) is 6.92 Å². The van der Waals surface area contributed by atoms with Crippen LogP contribution in [-0.4, -0.2) is 47.3 Å². The molecule has 2 rings (SSSR count).